The number of methoxy groups -OCH3 is 2. The lowest BCUT2D eigenvalue weighted by Gasteiger charge is -2.24. The molecule has 2 unspecified atom stereocenters. The first-order chi connectivity index (χ1) is 12.8. The van der Waals surface area contributed by atoms with Crippen LogP contribution in [-0.2, 0) is 9.59 Å². The van der Waals surface area contributed by atoms with Gasteiger partial charge in [0.1, 0.15) is 11.5 Å². The van der Waals surface area contributed by atoms with Crippen LogP contribution in [0.4, 0.5) is 5.69 Å². The van der Waals surface area contributed by atoms with E-state index in [0.717, 1.165) is 6.42 Å². The summed E-state index contributed by atoms with van der Waals surface area (Å²) in [5.74, 6) is 1.12. The highest BCUT2D eigenvalue weighted by Gasteiger charge is 2.37. The number of carbonyl (C=O) groups is 2. The number of anilines is 1. The second-order valence-electron chi connectivity index (χ2n) is 7.40. The van der Waals surface area contributed by atoms with Gasteiger partial charge in [-0.25, -0.2) is 0 Å². The standard InChI is InChI=1S/C20H31N3O4/c1-13(2)16(21)8-9-22(3)20(25)14-10-19(24)23(12-14)17-7-6-15(26-4)11-18(17)27-5/h6-7,11,13-14,16H,8-10,12,21H2,1-5H3. The SMILES string of the molecule is COc1ccc(N2CC(C(=O)N(C)CCC(N)C(C)C)CC2=O)c(OC)c1. The van der Waals surface area contributed by atoms with E-state index in [0.29, 0.717) is 36.2 Å². The number of carbonyl (C=O) groups excluding carboxylic acids is 2. The lowest BCUT2D eigenvalue weighted by molar-refractivity contribution is -0.134. The minimum atomic E-state index is -0.357. The van der Waals surface area contributed by atoms with E-state index >= 15 is 0 Å². The Labute approximate surface area is 161 Å². The molecule has 0 spiro atoms. The van der Waals surface area contributed by atoms with E-state index in [4.69, 9.17) is 15.2 Å². The summed E-state index contributed by atoms with van der Waals surface area (Å²) in [5, 5.41) is 0. The lowest BCUT2D eigenvalue weighted by atomic mass is 10.0. The zero-order valence-corrected chi connectivity index (χ0v) is 16.9. The van der Waals surface area contributed by atoms with Crippen LogP contribution in [0.15, 0.2) is 18.2 Å². The Kier molecular flexibility index (Phi) is 7.07. The Balaban J connectivity index is 2.05. The molecule has 27 heavy (non-hydrogen) atoms. The first-order valence-corrected chi connectivity index (χ1v) is 9.31. The third-order valence-corrected chi connectivity index (χ3v) is 5.18. The van der Waals surface area contributed by atoms with Crippen LogP contribution in [0.3, 0.4) is 0 Å². The maximum Gasteiger partial charge on any atom is 0.227 e. The van der Waals surface area contributed by atoms with Crippen molar-refractivity contribution in [1.29, 1.82) is 0 Å². The van der Waals surface area contributed by atoms with Crippen molar-refractivity contribution >= 4 is 17.5 Å². The Morgan fingerprint density at radius 3 is 2.63 bits per heavy atom. The molecule has 1 aliphatic rings. The fourth-order valence-corrected chi connectivity index (χ4v) is 3.21. The fourth-order valence-electron chi connectivity index (χ4n) is 3.21. The molecular formula is C20H31N3O4. The molecule has 1 aromatic rings. The Hall–Kier alpha value is -2.28. The zero-order valence-electron chi connectivity index (χ0n) is 16.9. The summed E-state index contributed by atoms with van der Waals surface area (Å²) in [6.45, 7) is 5.08. The first kappa shape index (κ1) is 21.0. The zero-order chi connectivity index (χ0) is 20.1. The minimum absolute atomic E-state index is 0.0192. The van der Waals surface area contributed by atoms with Gasteiger partial charge in [0.15, 0.2) is 0 Å². The van der Waals surface area contributed by atoms with Crippen LogP contribution in [0.1, 0.15) is 26.7 Å². The van der Waals surface area contributed by atoms with Crippen LogP contribution in [0.5, 0.6) is 11.5 Å². The molecule has 2 rings (SSSR count). The van der Waals surface area contributed by atoms with Crippen LogP contribution in [0.2, 0.25) is 0 Å². The number of nitrogens with two attached hydrogens (primary N) is 1. The molecule has 1 saturated heterocycles. The van der Waals surface area contributed by atoms with Crippen LogP contribution >= 0.6 is 0 Å². The van der Waals surface area contributed by atoms with Gasteiger partial charge in [0, 0.05) is 38.7 Å². The molecule has 2 N–H and O–H groups in total. The summed E-state index contributed by atoms with van der Waals surface area (Å²) < 4.78 is 10.6. The molecular weight excluding hydrogens is 346 g/mol. The maximum atomic E-state index is 12.8. The van der Waals surface area contributed by atoms with Crippen LogP contribution in [0, 0.1) is 11.8 Å². The number of amides is 2. The highest BCUT2D eigenvalue weighted by atomic mass is 16.5. The minimum Gasteiger partial charge on any atom is -0.497 e. The molecule has 0 aliphatic carbocycles. The summed E-state index contributed by atoms with van der Waals surface area (Å²) in [4.78, 5) is 28.6. The van der Waals surface area contributed by atoms with Gasteiger partial charge >= 0.3 is 0 Å². The van der Waals surface area contributed by atoms with Gasteiger partial charge < -0.3 is 25.0 Å². The lowest BCUT2D eigenvalue weighted by Crippen LogP contribution is -2.38. The molecule has 1 aromatic carbocycles. The Bertz CT molecular complexity index is 677. The topological polar surface area (TPSA) is 85.1 Å². The average Bonchev–Trinajstić information content (AvgIpc) is 3.05. The monoisotopic (exact) mass is 377 g/mol. The molecule has 1 aliphatic heterocycles. The van der Waals surface area contributed by atoms with Crippen LogP contribution in [0.25, 0.3) is 0 Å². The molecule has 2 atom stereocenters. The predicted octanol–water partition coefficient (Wildman–Crippen LogP) is 1.89. The smallest absolute Gasteiger partial charge is 0.227 e. The Morgan fingerprint density at radius 2 is 2.04 bits per heavy atom. The molecule has 150 valence electrons. The number of hydrogen-bond acceptors (Lipinski definition) is 5. The number of hydrogen-bond donors (Lipinski definition) is 1. The van der Waals surface area contributed by atoms with E-state index in [-0.39, 0.29) is 30.2 Å². The largest absolute Gasteiger partial charge is 0.497 e. The van der Waals surface area contributed by atoms with Crippen molar-refractivity contribution in [1.82, 2.24) is 4.90 Å². The number of rotatable bonds is 8. The molecule has 1 heterocycles. The van der Waals surface area contributed by atoms with Crippen molar-refractivity contribution in [3.05, 3.63) is 18.2 Å². The van der Waals surface area contributed by atoms with Gasteiger partial charge in [-0.3, -0.25) is 9.59 Å². The second-order valence-corrected chi connectivity index (χ2v) is 7.40. The molecule has 1 fully saturated rings. The third-order valence-electron chi connectivity index (χ3n) is 5.18. The van der Waals surface area contributed by atoms with Crippen molar-refractivity contribution in [2.45, 2.75) is 32.7 Å². The van der Waals surface area contributed by atoms with Crippen LogP contribution in [-0.4, -0.2) is 57.1 Å². The highest BCUT2D eigenvalue weighted by molar-refractivity contribution is 6.01. The number of nitrogens with zero attached hydrogens (tertiary/aromatic N) is 2. The van der Waals surface area contributed by atoms with E-state index in [2.05, 4.69) is 13.8 Å². The van der Waals surface area contributed by atoms with E-state index < -0.39 is 0 Å². The molecule has 7 nitrogen and oxygen atoms in total. The van der Waals surface area contributed by atoms with Crippen molar-refractivity contribution in [3.8, 4) is 11.5 Å². The van der Waals surface area contributed by atoms with E-state index in [1.807, 2.05) is 0 Å². The Morgan fingerprint density at radius 1 is 1.33 bits per heavy atom. The normalized spacial score (nSPS) is 18.0. The molecule has 0 aromatic heterocycles. The van der Waals surface area contributed by atoms with Gasteiger partial charge in [0.05, 0.1) is 25.8 Å². The highest BCUT2D eigenvalue weighted by Crippen LogP contribution is 2.36. The second kappa shape index (κ2) is 9.08. The van der Waals surface area contributed by atoms with Gasteiger partial charge in [-0.1, -0.05) is 13.8 Å². The van der Waals surface area contributed by atoms with Gasteiger partial charge in [-0.05, 0) is 24.5 Å². The number of benzene rings is 1. The number of ether oxygens (including phenoxy) is 2. The summed E-state index contributed by atoms with van der Waals surface area (Å²) in [6.07, 6.45) is 0.950. The van der Waals surface area contributed by atoms with Crippen molar-refractivity contribution in [3.63, 3.8) is 0 Å². The predicted molar refractivity (Wildman–Crippen MR) is 105 cm³/mol. The fraction of sp³-hybridized carbons (Fsp3) is 0.600. The summed E-state index contributed by atoms with van der Waals surface area (Å²) in [5.41, 5.74) is 6.73. The summed E-state index contributed by atoms with van der Waals surface area (Å²) >= 11 is 0. The summed E-state index contributed by atoms with van der Waals surface area (Å²) in [6, 6.07) is 5.36. The van der Waals surface area contributed by atoms with Gasteiger partial charge in [-0.2, -0.15) is 0 Å². The van der Waals surface area contributed by atoms with Gasteiger partial charge in [0.2, 0.25) is 11.8 Å². The van der Waals surface area contributed by atoms with Crippen molar-refractivity contribution < 1.29 is 19.1 Å². The van der Waals surface area contributed by atoms with Crippen molar-refractivity contribution in [2.75, 3.05) is 39.3 Å². The first-order valence-electron chi connectivity index (χ1n) is 9.31. The van der Waals surface area contributed by atoms with E-state index in [9.17, 15) is 9.59 Å². The third kappa shape index (κ3) is 4.91. The van der Waals surface area contributed by atoms with Crippen LogP contribution < -0.4 is 20.1 Å². The van der Waals surface area contributed by atoms with E-state index in [1.165, 1.54) is 0 Å². The quantitative estimate of drug-likeness (QED) is 0.748. The average molecular weight is 377 g/mol. The molecule has 0 radical (unpaired) electrons. The van der Waals surface area contributed by atoms with E-state index in [1.54, 1.807) is 49.3 Å². The summed E-state index contributed by atoms with van der Waals surface area (Å²) in [7, 11) is 4.90. The molecule has 0 saturated carbocycles. The molecule has 7 heteroatoms. The van der Waals surface area contributed by atoms with Crippen molar-refractivity contribution in [2.24, 2.45) is 17.6 Å². The maximum absolute atomic E-state index is 12.8. The molecule has 2 amide bonds. The molecule has 0 bridgehead atoms. The van der Waals surface area contributed by atoms with Gasteiger partial charge in [-0.15, -0.1) is 0 Å². The van der Waals surface area contributed by atoms with Gasteiger partial charge in [0.25, 0.3) is 0 Å².